The molecule has 4 unspecified atom stereocenters. The quantitative estimate of drug-likeness (QED) is 0.213. The summed E-state index contributed by atoms with van der Waals surface area (Å²) in [6, 6.07) is 18.4. The van der Waals surface area contributed by atoms with Gasteiger partial charge < -0.3 is 0 Å². The van der Waals surface area contributed by atoms with Crippen molar-refractivity contribution in [2.45, 2.75) is 89.6 Å². The first kappa shape index (κ1) is 28.9. The van der Waals surface area contributed by atoms with Crippen molar-refractivity contribution in [2.75, 3.05) is 0 Å². The predicted molar refractivity (Wildman–Crippen MR) is 184 cm³/mol. The lowest BCUT2D eigenvalue weighted by Gasteiger charge is -2.66. The second-order valence-electron chi connectivity index (χ2n) is 15.5. The molecule has 3 aromatic rings. The fourth-order valence-electron chi connectivity index (χ4n) is 8.88. The Morgan fingerprint density at radius 1 is 0.800 bits per heavy atom. The number of pyridine rings is 2. The van der Waals surface area contributed by atoms with Gasteiger partial charge in [0.15, 0.2) is 0 Å². The van der Waals surface area contributed by atoms with Crippen LogP contribution in [0.5, 0.6) is 0 Å². The predicted octanol–water partition coefficient (Wildman–Crippen LogP) is 7.12. The molecule has 1 aromatic carbocycles. The molecule has 40 heavy (non-hydrogen) atoms. The van der Waals surface area contributed by atoms with Gasteiger partial charge in [-0.05, 0) is 90.7 Å². The van der Waals surface area contributed by atoms with Gasteiger partial charge in [0, 0.05) is 31.6 Å². The van der Waals surface area contributed by atoms with Crippen LogP contribution >= 0.6 is 17.2 Å². The van der Waals surface area contributed by atoms with E-state index in [0.29, 0.717) is 5.41 Å². The lowest BCUT2D eigenvalue weighted by atomic mass is 9.44. The Balaban J connectivity index is 1.59. The molecule has 0 aliphatic heterocycles. The smallest absolute Gasteiger partial charge is 0.0774 e. The number of aromatic nitrogens is 2. The molecule has 0 N–H and O–H groups in total. The molecular formula is C34H48N2P2Si2. The Morgan fingerprint density at radius 2 is 1.32 bits per heavy atom. The van der Waals surface area contributed by atoms with Crippen LogP contribution in [0.25, 0.3) is 0 Å². The van der Waals surface area contributed by atoms with Crippen molar-refractivity contribution >= 4 is 54.6 Å². The van der Waals surface area contributed by atoms with Gasteiger partial charge in [0.1, 0.15) is 0 Å². The third-order valence-corrected chi connectivity index (χ3v) is 18.6. The summed E-state index contributed by atoms with van der Waals surface area (Å²) < 4.78 is 0. The topological polar surface area (TPSA) is 25.8 Å². The van der Waals surface area contributed by atoms with Crippen LogP contribution in [-0.2, 0) is 11.3 Å². The van der Waals surface area contributed by atoms with Crippen LogP contribution < -0.4 is 21.2 Å². The van der Waals surface area contributed by atoms with Crippen LogP contribution in [0.4, 0.5) is 0 Å². The van der Waals surface area contributed by atoms with Crippen molar-refractivity contribution in [3.63, 3.8) is 0 Å². The SMILES string of the molecule is CC12CC3CC(CC(C3)C1(P)c1cc([Si](C)(C)C)c([Si](C)(C)C)cc1CP(c1ccccn1)c1ccccn1)C2. The molecule has 0 radical (unpaired) electrons. The minimum atomic E-state index is -1.57. The molecule has 4 atom stereocenters. The van der Waals surface area contributed by atoms with Crippen LogP contribution in [0, 0.1) is 23.2 Å². The molecule has 2 aromatic heterocycles. The zero-order chi connectivity index (χ0) is 28.5. The normalized spacial score (nSPS) is 29.8. The molecule has 4 aliphatic carbocycles. The van der Waals surface area contributed by atoms with Crippen molar-refractivity contribution in [3.8, 4) is 0 Å². The van der Waals surface area contributed by atoms with Crippen molar-refractivity contribution in [1.82, 2.24) is 9.97 Å². The molecule has 4 aliphatic rings. The van der Waals surface area contributed by atoms with E-state index >= 15 is 0 Å². The van der Waals surface area contributed by atoms with E-state index in [0.717, 1.165) is 23.9 Å². The Labute approximate surface area is 248 Å². The van der Waals surface area contributed by atoms with Gasteiger partial charge in [0.2, 0.25) is 0 Å². The Morgan fingerprint density at radius 3 is 1.77 bits per heavy atom. The molecule has 0 spiro atoms. The molecule has 2 heterocycles. The summed E-state index contributed by atoms with van der Waals surface area (Å²) in [5, 5.41) is 3.58. The summed E-state index contributed by atoms with van der Waals surface area (Å²) in [5.41, 5.74) is 6.00. The highest BCUT2D eigenvalue weighted by Crippen LogP contribution is 2.71. The molecule has 0 saturated heterocycles. The summed E-state index contributed by atoms with van der Waals surface area (Å²) >= 11 is 0. The lowest BCUT2D eigenvalue weighted by molar-refractivity contribution is -0.0817. The van der Waals surface area contributed by atoms with Gasteiger partial charge in [-0.2, -0.15) is 0 Å². The highest BCUT2D eigenvalue weighted by atomic mass is 31.1. The highest BCUT2D eigenvalue weighted by molar-refractivity contribution is 7.71. The van der Waals surface area contributed by atoms with E-state index in [9.17, 15) is 0 Å². The first-order valence-electron chi connectivity index (χ1n) is 15.4. The largest absolute Gasteiger partial charge is 0.256 e. The van der Waals surface area contributed by atoms with Gasteiger partial charge in [-0.3, -0.25) is 9.97 Å². The fraction of sp³-hybridized carbons (Fsp3) is 0.529. The molecule has 0 amide bonds. The zero-order valence-corrected chi connectivity index (χ0v) is 29.7. The van der Waals surface area contributed by atoms with Crippen LogP contribution in [-0.4, -0.2) is 26.1 Å². The van der Waals surface area contributed by atoms with Crippen LogP contribution in [0.3, 0.4) is 0 Å². The number of rotatable bonds is 7. The van der Waals surface area contributed by atoms with Crippen molar-refractivity contribution in [2.24, 2.45) is 23.2 Å². The molecule has 2 nitrogen and oxygen atoms in total. The molecule has 4 bridgehead atoms. The number of hydrogen-bond acceptors (Lipinski definition) is 2. The first-order valence-corrected chi connectivity index (χ1v) is 24.5. The molecule has 212 valence electrons. The molecule has 4 saturated carbocycles. The molecule has 6 heteroatoms. The summed E-state index contributed by atoms with van der Waals surface area (Å²) in [6.45, 7) is 18.0. The van der Waals surface area contributed by atoms with E-state index in [-0.39, 0.29) is 5.16 Å². The Hall–Kier alpha value is -1.19. The van der Waals surface area contributed by atoms with Crippen molar-refractivity contribution in [3.05, 3.63) is 72.1 Å². The number of hydrogen-bond donors (Lipinski definition) is 0. The second kappa shape index (κ2) is 10.2. The maximum Gasteiger partial charge on any atom is 0.0774 e. The second-order valence-corrected chi connectivity index (χ2v) is 28.6. The van der Waals surface area contributed by atoms with Crippen LogP contribution in [0.15, 0.2) is 60.9 Å². The van der Waals surface area contributed by atoms with E-state index < -0.39 is 24.1 Å². The van der Waals surface area contributed by atoms with Crippen molar-refractivity contribution in [1.29, 1.82) is 0 Å². The Kier molecular flexibility index (Phi) is 7.39. The summed E-state index contributed by atoms with van der Waals surface area (Å²) in [6.07, 6.45) is 12.1. The summed E-state index contributed by atoms with van der Waals surface area (Å²) in [4.78, 5) is 9.85. The monoisotopic (exact) mass is 602 g/mol. The van der Waals surface area contributed by atoms with E-state index in [4.69, 9.17) is 9.97 Å². The third kappa shape index (κ3) is 4.94. The van der Waals surface area contributed by atoms with Crippen molar-refractivity contribution < 1.29 is 0 Å². The summed E-state index contributed by atoms with van der Waals surface area (Å²) in [7, 11) is -0.261. The van der Waals surface area contributed by atoms with Crippen LogP contribution in [0.2, 0.25) is 39.3 Å². The standard InChI is InChI=1S/C34H48N2P2Si2/c1-33-21-24-16-25(22-33)18-27(17-24)34(33,37)28-20-30(40(5,6)7)29(39(2,3)4)19-26(28)23-38(31-12-8-10-14-35-31)32-13-9-11-15-36-32/h8-15,19-20,24-25,27H,16-18,21-23,37H2,1-7H3. The van der Waals surface area contributed by atoms with Gasteiger partial charge in [-0.1, -0.05) is 80.8 Å². The zero-order valence-electron chi connectivity index (χ0n) is 25.7. The van der Waals surface area contributed by atoms with Gasteiger partial charge in [0.25, 0.3) is 0 Å². The average Bonchev–Trinajstić information content (AvgIpc) is 2.89. The van der Waals surface area contributed by atoms with E-state index in [2.05, 4.69) is 91.8 Å². The van der Waals surface area contributed by atoms with Gasteiger partial charge in [-0.15, -0.1) is 9.24 Å². The van der Waals surface area contributed by atoms with E-state index in [1.807, 2.05) is 24.5 Å². The number of nitrogens with zero attached hydrogens (tertiary/aromatic N) is 2. The minimum absolute atomic E-state index is 0.150. The fourth-order valence-corrected chi connectivity index (χ4v) is 17.0. The molecule has 7 rings (SSSR count). The van der Waals surface area contributed by atoms with Gasteiger partial charge in [0.05, 0.1) is 27.0 Å². The summed E-state index contributed by atoms with van der Waals surface area (Å²) in [5.74, 6) is 2.66. The van der Waals surface area contributed by atoms with Crippen LogP contribution in [0.1, 0.15) is 50.2 Å². The van der Waals surface area contributed by atoms with E-state index in [1.54, 1.807) is 21.5 Å². The molecule has 4 fully saturated rings. The first-order chi connectivity index (χ1) is 18.8. The van der Waals surface area contributed by atoms with Gasteiger partial charge >= 0.3 is 0 Å². The lowest BCUT2D eigenvalue weighted by Crippen LogP contribution is -2.60. The maximum absolute atomic E-state index is 4.92. The average molecular weight is 603 g/mol. The minimum Gasteiger partial charge on any atom is -0.256 e. The highest BCUT2D eigenvalue weighted by Gasteiger charge is 2.62. The third-order valence-electron chi connectivity index (χ3n) is 10.5. The van der Waals surface area contributed by atoms with Gasteiger partial charge in [-0.25, -0.2) is 0 Å². The molecular weight excluding hydrogens is 555 g/mol. The van der Waals surface area contributed by atoms with E-state index in [1.165, 1.54) is 43.0 Å². The number of benzene rings is 1. The maximum atomic E-state index is 4.92. The Bertz CT molecular complexity index is 1330.